The lowest BCUT2D eigenvalue weighted by Gasteiger charge is -2.47. The zero-order valence-electron chi connectivity index (χ0n) is 16.2. The SMILES string of the molecule is Cc1ccc(C)c(CN2CCN(C3CCN(C)CC3)[C@H](CCO)C2)c1. The van der Waals surface area contributed by atoms with Gasteiger partial charge in [-0.05, 0) is 64.4 Å². The Bertz CT molecular complexity index is 554. The van der Waals surface area contributed by atoms with Crippen molar-refractivity contribution < 1.29 is 5.11 Å². The molecule has 0 radical (unpaired) electrons. The van der Waals surface area contributed by atoms with Gasteiger partial charge in [-0.1, -0.05) is 23.8 Å². The lowest BCUT2D eigenvalue weighted by molar-refractivity contribution is 0.00594. The van der Waals surface area contributed by atoms with Gasteiger partial charge in [-0.3, -0.25) is 9.80 Å². The summed E-state index contributed by atoms with van der Waals surface area (Å²) in [4.78, 5) is 7.74. The van der Waals surface area contributed by atoms with Crippen molar-refractivity contribution in [2.45, 2.75) is 51.7 Å². The van der Waals surface area contributed by atoms with E-state index in [0.29, 0.717) is 18.7 Å². The van der Waals surface area contributed by atoms with Gasteiger partial charge in [0.15, 0.2) is 0 Å². The number of piperazine rings is 1. The third-order valence-corrected chi connectivity index (χ3v) is 6.13. The van der Waals surface area contributed by atoms with Crippen molar-refractivity contribution in [1.82, 2.24) is 14.7 Å². The summed E-state index contributed by atoms with van der Waals surface area (Å²) >= 11 is 0. The third kappa shape index (κ3) is 4.82. The maximum atomic E-state index is 9.58. The zero-order valence-corrected chi connectivity index (χ0v) is 16.2. The maximum Gasteiger partial charge on any atom is 0.0446 e. The average molecular weight is 346 g/mol. The van der Waals surface area contributed by atoms with Crippen LogP contribution in [-0.4, -0.2) is 78.3 Å². The molecule has 2 saturated heterocycles. The number of benzene rings is 1. The van der Waals surface area contributed by atoms with E-state index in [-0.39, 0.29) is 0 Å². The smallest absolute Gasteiger partial charge is 0.0446 e. The largest absolute Gasteiger partial charge is 0.396 e. The first-order valence-corrected chi connectivity index (χ1v) is 9.90. The molecule has 0 saturated carbocycles. The minimum Gasteiger partial charge on any atom is -0.396 e. The first kappa shape index (κ1) is 18.8. The third-order valence-electron chi connectivity index (χ3n) is 6.13. The Morgan fingerprint density at radius 2 is 1.84 bits per heavy atom. The van der Waals surface area contributed by atoms with Gasteiger partial charge in [-0.2, -0.15) is 0 Å². The van der Waals surface area contributed by atoms with Gasteiger partial charge in [-0.15, -0.1) is 0 Å². The number of aryl methyl sites for hydroxylation is 2. The zero-order chi connectivity index (χ0) is 17.8. The number of aliphatic hydroxyl groups is 1. The van der Waals surface area contributed by atoms with Crippen LogP contribution in [0, 0.1) is 13.8 Å². The molecule has 140 valence electrons. The number of nitrogens with zero attached hydrogens (tertiary/aromatic N) is 3. The average Bonchev–Trinajstić information content (AvgIpc) is 2.60. The number of piperidine rings is 1. The standard InChI is InChI=1S/C21H35N3O/c1-17-4-5-18(2)19(14-17)15-23-11-12-24(21(16-23)8-13-25)20-6-9-22(3)10-7-20/h4-5,14,20-21,25H,6-13,15-16H2,1-3H3/t21-/m1/s1. The van der Waals surface area contributed by atoms with E-state index in [1.165, 1.54) is 42.6 Å². The quantitative estimate of drug-likeness (QED) is 0.887. The van der Waals surface area contributed by atoms with Crippen LogP contribution in [0.5, 0.6) is 0 Å². The highest BCUT2D eigenvalue weighted by molar-refractivity contribution is 5.30. The van der Waals surface area contributed by atoms with E-state index in [4.69, 9.17) is 0 Å². The molecule has 0 aromatic heterocycles. The van der Waals surface area contributed by atoms with E-state index in [0.717, 1.165) is 32.6 Å². The van der Waals surface area contributed by atoms with E-state index in [9.17, 15) is 5.11 Å². The van der Waals surface area contributed by atoms with Gasteiger partial charge in [-0.25, -0.2) is 0 Å². The van der Waals surface area contributed by atoms with Crippen molar-refractivity contribution in [3.63, 3.8) is 0 Å². The molecule has 1 N–H and O–H groups in total. The summed E-state index contributed by atoms with van der Waals surface area (Å²) in [7, 11) is 2.23. The molecule has 0 bridgehead atoms. The Morgan fingerprint density at radius 3 is 2.56 bits per heavy atom. The van der Waals surface area contributed by atoms with Crippen LogP contribution in [0.25, 0.3) is 0 Å². The number of aliphatic hydroxyl groups excluding tert-OH is 1. The van der Waals surface area contributed by atoms with E-state index >= 15 is 0 Å². The predicted octanol–water partition coefficient (Wildman–Crippen LogP) is 2.27. The van der Waals surface area contributed by atoms with Crippen molar-refractivity contribution >= 4 is 0 Å². The Balaban J connectivity index is 1.63. The molecule has 1 atom stereocenters. The lowest BCUT2D eigenvalue weighted by atomic mass is 9.97. The van der Waals surface area contributed by atoms with Gasteiger partial charge < -0.3 is 10.0 Å². The molecule has 2 aliphatic heterocycles. The fourth-order valence-corrected chi connectivity index (χ4v) is 4.50. The summed E-state index contributed by atoms with van der Waals surface area (Å²) in [6.07, 6.45) is 3.44. The van der Waals surface area contributed by atoms with Crippen LogP contribution in [0.1, 0.15) is 36.0 Å². The molecule has 0 unspecified atom stereocenters. The van der Waals surface area contributed by atoms with Crippen molar-refractivity contribution in [3.05, 3.63) is 34.9 Å². The molecular formula is C21H35N3O. The number of hydrogen-bond acceptors (Lipinski definition) is 4. The lowest BCUT2D eigenvalue weighted by Crippen LogP contribution is -2.58. The molecule has 3 rings (SSSR count). The van der Waals surface area contributed by atoms with E-state index < -0.39 is 0 Å². The van der Waals surface area contributed by atoms with Gasteiger partial charge in [0.05, 0.1) is 0 Å². The first-order chi connectivity index (χ1) is 12.1. The Labute approximate surface area is 153 Å². The highest BCUT2D eigenvalue weighted by Gasteiger charge is 2.33. The fraction of sp³-hybridized carbons (Fsp3) is 0.714. The normalized spacial score (nSPS) is 24.7. The molecule has 2 fully saturated rings. The Kier molecular flexibility index (Phi) is 6.50. The highest BCUT2D eigenvalue weighted by atomic mass is 16.3. The van der Waals surface area contributed by atoms with Gasteiger partial charge in [0.25, 0.3) is 0 Å². The number of rotatable bonds is 5. The van der Waals surface area contributed by atoms with Gasteiger partial charge in [0, 0.05) is 44.9 Å². The second-order valence-corrected chi connectivity index (χ2v) is 8.10. The summed E-state index contributed by atoms with van der Waals surface area (Å²) in [5, 5.41) is 9.58. The van der Waals surface area contributed by atoms with Crippen LogP contribution in [0.15, 0.2) is 18.2 Å². The van der Waals surface area contributed by atoms with Gasteiger partial charge in [0.2, 0.25) is 0 Å². The molecular weight excluding hydrogens is 310 g/mol. The van der Waals surface area contributed by atoms with Crippen LogP contribution in [-0.2, 0) is 6.54 Å². The van der Waals surface area contributed by atoms with Gasteiger partial charge >= 0.3 is 0 Å². The van der Waals surface area contributed by atoms with E-state index in [2.05, 4.69) is 53.8 Å². The highest BCUT2D eigenvalue weighted by Crippen LogP contribution is 2.24. The van der Waals surface area contributed by atoms with E-state index in [1.54, 1.807) is 0 Å². The van der Waals surface area contributed by atoms with Crippen molar-refractivity contribution in [3.8, 4) is 0 Å². The van der Waals surface area contributed by atoms with Crippen LogP contribution >= 0.6 is 0 Å². The second kappa shape index (κ2) is 8.63. The topological polar surface area (TPSA) is 30.0 Å². The fourth-order valence-electron chi connectivity index (χ4n) is 4.50. The maximum absolute atomic E-state index is 9.58. The molecule has 0 spiro atoms. The van der Waals surface area contributed by atoms with Crippen LogP contribution in [0.2, 0.25) is 0 Å². The van der Waals surface area contributed by atoms with Crippen molar-refractivity contribution in [2.24, 2.45) is 0 Å². The number of hydrogen-bond donors (Lipinski definition) is 1. The molecule has 0 aliphatic carbocycles. The summed E-state index contributed by atoms with van der Waals surface area (Å²) in [6.45, 7) is 11.5. The van der Waals surface area contributed by atoms with Crippen molar-refractivity contribution in [1.29, 1.82) is 0 Å². The summed E-state index contributed by atoms with van der Waals surface area (Å²) in [5.74, 6) is 0. The van der Waals surface area contributed by atoms with Crippen molar-refractivity contribution in [2.75, 3.05) is 46.4 Å². The monoisotopic (exact) mass is 345 g/mol. The van der Waals surface area contributed by atoms with Crippen LogP contribution in [0.4, 0.5) is 0 Å². The molecule has 1 aromatic carbocycles. The summed E-state index contributed by atoms with van der Waals surface area (Å²) < 4.78 is 0. The molecule has 2 aliphatic rings. The molecule has 4 nitrogen and oxygen atoms in total. The van der Waals surface area contributed by atoms with Gasteiger partial charge in [0.1, 0.15) is 0 Å². The molecule has 4 heteroatoms. The minimum atomic E-state index is 0.297. The second-order valence-electron chi connectivity index (χ2n) is 8.10. The van der Waals surface area contributed by atoms with E-state index in [1.807, 2.05) is 0 Å². The Hall–Kier alpha value is -0.940. The molecule has 1 aromatic rings. The Morgan fingerprint density at radius 1 is 1.08 bits per heavy atom. The summed E-state index contributed by atoms with van der Waals surface area (Å²) in [5.41, 5.74) is 4.19. The molecule has 0 amide bonds. The van der Waals surface area contributed by atoms with Crippen LogP contribution in [0.3, 0.4) is 0 Å². The summed E-state index contributed by atoms with van der Waals surface area (Å²) in [6, 6.07) is 7.98. The predicted molar refractivity (Wildman–Crippen MR) is 104 cm³/mol. The first-order valence-electron chi connectivity index (χ1n) is 9.90. The van der Waals surface area contributed by atoms with Crippen LogP contribution < -0.4 is 0 Å². The minimum absolute atomic E-state index is 0.297. The molecule has 25 heavy (non-hydrogen) atoms. The number of likely N-dealkylation sites (tertiary alicyclic amines) is 1. The molecule has 2 heterocycles.